The van der Waals surface area contributed by atoms with Crippen LogP contribution in [-0.2, 0) is 4.79 Å². The molecule has 141 heavy (non-hydrogen) atoms. The number of anilines is 8. The van der Waals surface area contributed by atoms with E-state index >= 15 is 0 Å². The molecule has 1 unspecified atom stereocenters. The van der Waals surface area contributed by atoms with E-state index in [-0.39, 0.29) is 278 Å². The minimum absolute atomic E-state index is 0. The molecule has 12 aromatic rings. The number of phenols is 8. The van der Waals surface area contributed by atoms with E-state index in [4.69, 9.17) is 64.8 Å². The molecule has 34 nitrogen and oxygen atoms in total. The lowest BCUT2D eigenvalue weighted by molar-refractivity contribution is -0.873. The number of ketones is 8. The van der Waals surface area contributed by atoms with Crippen LogP contribution in [0.3, 0.4) is 0 Å². The van der Waals surface area contributed by atoms with Gasteiger partial charge >= 0.3 is 5.97 Å². The van der Waals surface area contributed by atoms with Crippen molar-refractivity contribution in [3.63, 3.8) is 0 Å². The van der Waals surface area contributed by atoms with Gasteiger partial charge in [-0.25, -0.2) is 0 Å². The van der Waals surface area contributed by atoms with Crippen LogP contribution in [0, 0.1) is 6.92 Å². The molecule has 4 aliphatic carbocycles. The Morgan fingerprint density at radius 2 is 0.553 bits per heavy atom. The van der Waals surface area contributed by atoms with Gasteiger partial charge in [0.1, 0.15) is 115 Å². The minimum atomic E-state index is -0.711. The van der Waals surface area contributed by atoms with Crippen LogP contribution >= 0.6 is 0 Å². The average molecular weight is 2280 g/mol. The topological polar surface area (TPSA) is 581 Å². The Morgan fingerprint density at radius 1 is 0.298 bits per heavy atom. The number of aryl methyl sites for hydroxylation is 1. The van der Waals surface area contributed by atoms with Gasteiger partial charge in [-0.1, -0.05) is 42.5 Å². The minimum Gasteiger partial charge on any atom is -1.00 e. The van der Waals surface area contributed by atoms with E-state index < -0.39 is 69.6 Å². The molecule has 0 fully saturated rings. The van der Waals surface area contributed by atoms with Crippen LogP contribution < -0.4 is 149 Å². The number of nitrogen functional groups attached to an aromatic ring is 8. The first-order valence-corrected chi connectivity index (χ1v) is 43.0. The molecule has 4 aliphatic rings. The summed E-state index contributed by atoms with van der Waals surface area (Å²) in [5.41, 5.74) is 49.5. The highest BCUT2D eigenvalue weighted by Crippen LogP contribution is 2.52. The number of ether oxygens (including phenoxy) is 4. The van der Waals surface area contributed by atoms with Crippen molar-refractivity contribution in [2.24, 2.45) is 0 Å². The number of quaternary nitrogens is 4. The number of carbonyl (C=O) groups excluding carboxylic acids is 9. The zero-order valence-corrected chi connectivity index (χ0v) is 86.3. The summed E-state index contributed by atoms with van der Waals surface area (Å²) in [6.07, 6.45) is -0.388. The molecule has 25 N–H and O–H groups in total. The highest BCUT2D eigenvalue weighted by Gasteiger charge is 2.44. The second kappa shape index (κ2) is 43.0. The number of phenolic OH excluding ortho intramolecular Hbond substituents is 8. The number of esters is 1. The van der Waals surface area contributed by atoms with Crippen molar-refractivity contribution >= 4 is 97.7 Å². The lowest BCUT2D eigenvalue weighted by atomic mass is 9.80. The van der Waals surface area contributed by atoms with Gasteiger partial charge in [0.15, 0.2) is 0 Å². The highest BCUT2D eigenvalue weighted by molar-refractivity contribution is 6.37. The predicted molar refractivity (Wildman–Crippen MR) is 518 cm³/mol. The molecule has 0 radical (unpaired) electrons. The highest BCUT2D eigenvalue weighted by atomic mass is 127. The fourth-order valence-corrected chi connectivity index (χ4v) is 16.3. The number of aromatic hydroxyl groups is 8. The largest absolute Gasteiger partial charge is 1.00 e. The first kappa shape index (κ1) is 111. The fourth-order valence-electron chi connectivity index (χ4n) is 16.3. The molecule has 0 heterocycles. The number of aliphatic hydroxyl groups excluding tert-OH is 1. The molecule has 0 saturated carbocycles. The lowest BCUT2D eigenvalue weighted by Crippen LogP contribution is -3.00. The Hall–Kier alpha value is -14.1. The second-order valence-electron chi connectivity index (χ2n) is 37.7. The van der Waals surface area contributed by atoms with E-state index in [2.05, 4.69) is 42.3 Å². The number of likely N-dealkylation sites (N-methyl/N-ethyl adjacent to an activating group) is 3. The molecule has 38 heteroatoms. The normalized spacial score (nSPS) is 12.8. The summed E-state index contributed by atoms with van der Waals surface area (Å²) >= 11 is 0. The van der Waals surface area contributed by atoms with Crippen molar-refractivity contribution in [3.8, 4) is 114 Å². The molecule has 740 valence electrons. The number of carbonyl (C=O) groups is 9. The molecule has 0 aromatic heterocycles. The van der Waals surface area contributed by atoms with E-state index in [0.717, 1.165) is 27.6 Å². The predicted octanol–water partition coefficient (Wildman–Crippen LogP) is -1.24. The maximum atomic E-state index is 13.3. The van der Waals surface area contributed by atoms with E-state index in [1.54, 1.807) is 84.9 Å². The third-order valence-corrected chi connectivity index (χ3v) is 23.3. The number of benzene rings is 12. The molecule has 12 aromatic carbocycles. The van der Waals surface area contributed by atoms with Crippen molar-refractivity contribution in [2.45, 2.75) is 19.4 Å². The smallest absolute Gasteiger partial charge is 0.316 e. The number of hydrogen-bond donors (Lipinski definition) is 17. The van der Waals surface area contributed by atoms with Gasteiger partial charge in [-0.15, -0.1) is 0 Å². The van der Waals surface area contributed by atoms with Gasteiger partial charge in [0, 0.05) is 67.8 Å². The standard InChI is InChI=1S/C26H27N3O6.C26H25N3O6.C26H27N3O5.C25H25N3O5.ClH.3HI/c1-29(2,3)11-14(30)12-35-15-6-4-13(5-7-15)16-10-18(28)21-23(24(16)32)26(34)20-17(27)8-9-19(31)22(20)25(21)33;1-29(2,3)11-10-19(31)35-14-6-4-13(5-7-14)15-12-17(28)21-23(24(15)32)26(34)20-16(27)8-9-18(30)22(20)25(21)33;1-13-11-14(5-8-19(13)34-10-9-29(2,3)4)15-12-17(28)21-23(24(15)31)26(33)20-16(27)6-7-18(30)22(20)25(21)32;1-28(2,3)10-11-33-14-6-4-13(5-7-14)15-12-17(27)20-22(23(15)30)25(32)19-16(26)8-9-18(29)21(19)24(20)31;;;;/h4-10,14,30H,11-12H2,1-3H3,(H5-,27,28,31,32,33,34);4-9,12H,10-11H2,1-3H3,(H5-,27,28,30,32,33,34);5-8,11-12H,9-10H2,1-4H3,(H5-,27,28,30,31,32,33);4-9,12H,10-11H2,1-3H3,(H5-,26,27,29,30,31,32);4*1H. The number of fused-ring (bicyclic) bond motifs is 8. The summed E-state index contributed by atoms with van der Waals surface area (Å²) in [5.74, 6) is -6.69. The van der Waals surface area contributed by atoms with Gasteiger partial charge < -0.3 is 213 Å². The summed E-state index contributed by atoms with van der Waals surface area (Å²) in [6, 6.07) is 41.4. The van der Waals surface area contributed by atoms with Crippen LogP contribution in [0.5, 0.6) is 69.0 Å². The Morgan fingerprint density at radius 3 is 0.837 bits per heavy atom. The molecule has 0 aliphatic heterocycles. The Balaban J connectivity index is 0.000000208. The first-order valence-electron chi connectivity index (χ1n) is 43.0. The third-order valence-electron chi connectivity index (χ3n) is 23.3. The fraction of sp³-hybridized carbons (Fsp3) is 0.214. The van der Waals surface area contributed by atoms with Crippen molar-refractivity contribution in [1.29, 1.82) is 0 Å². The molecule has 0 bridgehead atoms. The monoisotopic (exact) mass is 2280 g/mol. The first-order chi connectivity index (χ1) is 64.2. The summed E-state index contributed by atoms with van der Waals surface area (Å²) < 4.78 is 25.5. The summed E-state index contributed by atoms with van der Waals surface area (Å²) in [7, 11) is 24.4. The van der Waals surface area contributed by atoms with Gasteiger partial charge in [0.05, 0.1) is 187 Å². The number of rotatable bonds is 21. The second-order valence-corrected chi connectivity index (χ2v) is 37.7. The van der Waals surface area contributed by atoms with Crippen molar-refractivity contribution in [3.05, 3.63) is 258 Å². The van der Waals surface area contributed by atoms with E-state index in [1.807, 2.05) is 55.3 Å². The van der Waals surface area contributed by atoms with E-state index in [9.17, 15) is 89.1 Å². The number of halogens is 4. The maximum Gasteiger partial charge on any atom is 0.316 e. The van der Waals surface area contributed by atoms with Gasteiger partial charge in [0.25, 0.3) is 0 Å². The summed E-state index contributed by atoms with van der Waals surface area (Å²) in [6.45, 7) is 5.92. The van der Waals surface area contributed by atoms with Crippen molar-refractivity contribution in [1.82, 2.24) is 0 Å². The molecular weight excluding hydrogens is 2170 g/mol. The van der Waals surface area contributed by atoms with Crippen LogP contribution in [-0.4, -0.2) is 253 Å². The van der Waals surface area contributed by atoms with E-state index in [0.29, 0.717) is 91.6 Å². The third kappa shape index (κ3) is 22.9. The molecule has 0 saturated heterocycles. The maximum absolute atomic E-state index is 13.3. The summed E-state index contributed by atoms with van der Waals surface area (Å²) in [4.78, 5) is 118. The summed E-state index contributed by atoms with van der Waals surface area (Å²) in [5, 5.41) is 95.1. The molecule has 0 spiro atoms. The SMILES string of the molecule is C[N+](C)(C)CC(O)COc1ccc(-c2cc(N)c3c(c2O)C(=O)c2c(N)ccc(O)c2C3=O)cc1.C[N+](C)(C)CCC(=O)Oc1ccc(-c2cc(N)c3c(c2O)C(=O)c2c(N)ccc(O)c2C3=O)cc1.C[N+](C)(C)CCOc1ccc(-c2cc(N)c3c(c2O)C(=O)c2c(N)ccc(O)c2C3=O)cc1.Cc1cc(-c2cc(N)c3c(c2O)C(=O)c2c(N)ccc(O)c2C3=O)ccc1OCC[N+](C)(C)C.[Cl-].[I-].[I-].[I-]. The van der Waals surface area contributed by atoms with Crippen LogP contribution in [0.2, 0.25) is 0 Å². The zero-order chi connectivity index (χ0) is 100. The zero-order valence-electron chi connectivity index (χ0n) is 79.1. The molecular formula is C103H108ClI3N12O22. The quantitative estimate of drug-likeness (QED) is 0.00999. The molecule has 0 amide bonds. The average Bonchev–Trinajstić information content (AvgIpc) is 0.738. The molecule has 1 atom stereocenters. The van der Waals surface area contributed by atoms with Crippen molar-refractivity contribution in [2.75, 3.05) is 176 Å². The van der Waals surface area contributed by atoms with Gasteiger partial charge in [-0.2, -0.15) is 0 Å². The molecule has 16 rings (SSSR count). The Kier molecular flexibility index (Phi) is 33.7. The van der Waals surface area contributed by atoms with Gasteiger partial charge in [0.2, 0.25) is 46.3 Å². The van der Waals surface area contributed by atoms with Gasteiger partial charge in [-0.3, -0.25) is 43.2 Å². The number of hydrogen-bond acceptors (Lipinski definition) is 30. The number of aliphatic hydroxyl groups is 1. The van der Waals surface area contributed by atoms with Crippen LogP contribution in [0.15, 0.2) is 164 Å². The van der Waals surface area contributed by atoms with Crippen LogP contribution in [0.25, 0.3) is 44.5 Å². The Labute approximate surface area is 869 Å². The van der Waals surface area contributed by atoms with Crippen molar-refractivity contribution < 1.29 is 210 Å². The number of nitrogens with two attached hydrogens (primary N) is 8. The number of nitrogens with zero attached hydrogens (tertiary/aromatic N) is 4. The Bertz CT molecular complexity index is 7080. The van der Waals surface area contributed by atoms with Gasteiger partial charge in [-0.05, 0) is 156 Å². The van der Waals surface area contributed by atoms with Crippen LogP contribution in [0.1, 0.15) is 139 Å². The lowest BCUT2D eigenvalue weighted by Gasteiger charge is -2.26. The van der Waals surface area contributed by atoms with Crippen LogP contribution in [0.4, 0.5) is 45.5 Å². The van der Waals surface area contributed by atoms with E-state index in [1.165, 1.54) is 72.8 Å².